The molecule has 0 aliphatic carbocycles. The summed E-state index contributed by atoms with van der Waals surface area (Å²) in [5, 5.41) is 14.5. The fourth-order valence-electron chi connectivity index (χ4n) is 2.21. The zero-order valence-electron chi connectivity index (χ0n) is 9.70. The van der Waals surface area contributed by atoms with Crippen LogP contribution in [0.15, 0.2) is 18.2 Å². The van der Waals surface area contributed by atoms with Gasteiger partial charge < -0.3 is 15.7 Å². The van der Waals surface area contributed by atoms with Crippen molar-refractivity contribution in [3.8, 4) is 0 Å². The second-order valence-electron chi connectivity index (χ2n) is 4.45. The molecule has 1 amide bonds. The van der Waals surface area contributed by atoms with E-state index in [1.54, 1.807) is 6.07 Å². The van der Waals surface area contributed by atoms with Crippen LogP contribution in [0.4, 0.5) is 14.9 Å². The van der Waals surface area contributed by atoms with Gasteiger partial charge in [-0.15, -0.1) is 0 Å². The Balaban J connectivity index is 2.42. The highest BCUT2D eigenvalue weighted by Gasteiger charge is 2.32. The third kappa shape index (κ3) is 2.18. The molecule has 3 N–H and O–H groups in total. The Kier molecular flexibility index (Phi) is 2.92. The van der Waals surface area contributed by atoms with E-state index in [-0.39, 0.29) is 23.8 Å². The van der Waals surface area contributed by atoms with E-state index in [0.717, 1.165) is 5.69 Å². The Morgan fingerprint density at radius 1 is 1.47 bits per heavy atom. The molecule has 1 aromatic rings. The molecule has 4 nitrogen and oxygen atoms in total. The fraction of sp³-hybridized carbons (Fsp3) is 0.417. The van der Waals surface area contributed by atoms with Gasteiger partial charge >= 0.3 is 6.09 Å². The quantitative estimate of drug-likeness (QED) is 0.704. The van der Waals surface area contributed by atoms with Crippen LogP contribution in [0.5, 0.6) is 0 Å². The molecule has 92 valence electrons. The third-order valence-electron chi connectivity index (χ3n) is 3.33. The number of rotatable bonds is 1. The number of benzene rings is 1. The largest absolute Gasteiger partial charge is 0.465 e. The standard InChI is InChI=1S/C12H15FN2O2/c1-6-7(2)14-10-4-3-8(13)5-9(10)11(6)15-12(16)17/h3-7,11,14-15H,1-2H3,(H,16,17)/t6-,7+,11-/m1/s1. The molecule has 2 rings (SSSR count). The van der Waals surface area contributed by atoms with Crippen molar-refractivity contribution in [3.63, 3.8) is 0 Å². The van der Waals surface area contributed by atoms with E-state index in [2.05, 4.69) is 10.6 Å². The SMILES string of the molecule is C[C@@H]1[C@H](C)Nc2ccc(F)cc2[C@@H]1NC(=O)O. The topological polar surface area (TPSA) is 61.4 Å². The summed E-state index contributed by atoms with van der Waals surface area (Å²) in [4.78, 5) is 10.8. The molecule has 17 heavy (non-hydrogen) atoms. The summed E-state index contributed by atoms with van der Waals surface area (Å²) in [6, 6.07) is 4.14. The summed E-state index contributed by atoms with van der Waals surface area (Å²) in [6.45, 7) is 3.92. The predicted molar refractivity (Wildman–Crippen MR) is 62.6 cm³/mol. The molecule has 0 bridgehead atoms. The summed E-state index contributed by atoms with van der Waals surface area (Å²) in [5.41, 5.74) is 1.45. The molecule has 1 aliphatic heterocycles. The molecular weight excluding hydrogens is 223 g/mol. The molecule has 1 aromatic carbocycles. The highest BCUT2D eigenvalue weighted by atomic mass is 19.1. The van der Waals surface area contributed by atoms with Crippen molar-refractivity contribution in [1.82, 2.24) is 5.32 Å². The maximum atomic E-state index is 13.2. The van der Waals surface area contributed by atoms with E-state index < -0.39 is 6.09 Å². The minimum atomic E-state index is -1.09. The molecule has 0 aromatic heterocycles. The lowest BCUT2D eigenvalue weighted by atomic mass is 9.84. The lowest BCUT2D eigenvalue weighted by Gasteiger charge is -2.37. The average Bonchev–Trinajstić information content (AvgIpc) is 2.25. The number of halogens is 1. The summed E-state index contributed by atoms with van der Waals surface area (Å²) >= 11 is 0. The van der Waals surface area contributed by atoms with Gasteiger partial charge in [0.05, 0.1) is 6.04 Å². The first-order valence-electron chi connectivity index (χ1n) is 5.54. The van der Waals surface area contributed by atoms with Gasteiger partial charge in [0.2, 0.25) is 0 Å². The molecule has 0 saturated carbocycles. The lowest BCUT2D eigenvalue weighted by Crippen LogP contribution is -2.42. The van der Waals surface area contributed by atoms with E-state index >= 15 is 0 Å². The number of carbonyl (C=O) groups is 1. The van der Waals surface area contributed by atoms with E-state index in [1.165, 1.54) is 12.1 Å². The van der Waals surface area contributed by atoms with Crippen molar-refractivity contribution in [2.24, 2.45) is 5.92 Å². The molecule has 0 fully saturated rings. The van der Waals surface area contributed by atoms with Gasteiger partial charge in [0.1, 0.15) is 5.82 Å². The second kappa shape index (κ2) is 4.24. The summed E-state index contributed by atoms with van der Waals surface area (Å²) in [6.07, 6.45) is -1.09. The average molecular weight is 238 g/mol. The van der Waals surface area contributed by atoms with Crippen molar-refractivity contribution in [1.29, 1.82) is 0 Å². The van der Waals surface area contributed by atoms with Crippen LogP contribution in [-0.2, 0) is 0 Å². The van der Waals surface area contributed by atoms with Gasteiger partial charge in [-0.3, -0.25) is 0 Å². The van der Waals surface area contributed by atoms with Gasteiger partial charge in [0.25, 0.3) is 0 Å². The molecule has 1 heterocycles. The number of anilines is 1. The van der Waals surface area contributed by atoms with Gasteiger partial charge in [0, 0.05) is 23.2 Å². The number of hydrogen-bond donors (Lipinski definition) is 3. The maximum Gasteiger partial charge on any atom is 0.405 e. The Morgan fingerprint density at radius 3 is 2.82 bits per heavy atom. The van der Waals surface area contributed by atoms with Crippen molar-refractivity contribution < 1.29 is 14.3 Å². The zero-order chi connectivity index (χ0) is 12.6. The molecule has 0 spiro atoms. The van der Waals surface area contributed by atoms with Crippen LogP contribution in [0.3, 0.4) is 0 Å². The van der Waals surface area contributed by atoms with E-state index in [0.29, 0.717) is 5.56 Å². The summed E-state index contributed by atoms with van der Waals surface area (Å²) in [7, 11) is 0. The fourth-order valence-corrected chi connectivity index (χ4v) is 2.21. The first-order chi connectivity index (χ1) is 7.99. The van der Waals surface area contributed by atoms with Crippen LogP contribution in [-0.4, -0.2) is 17.2 Å². The van der Waals surface area contributed by atoms with E-state index in [9.17, 15) is 9.18 Å². The number of amides is 1. The van der Waals surface area contributed by atoms with Crippen LogP contribution in [0.25, 0.3) is 0 Å². The number of nitrogens with one attached hydrogen (secondary N) is 2. The summed E-state index contributed by atoms with van der Waals surface area (Å²) < 4.78 is 13.2. The highest BCUT2D eigenvalue weighted by molar-refractivity contribution is 5.67. The van der Waals surface area contributed by atoms with Crippen molar-refractivity contribution >= 4 is 11.8 Å². The van der Waals surface area contributed by atoms with Crippen LogP contribution in [0.2, 0.25) is 0 Å². The molecule has 3 atom stereocenters. The van der Waals surface area contributed by atoms with Crippen LogP contribution in [0, 0.1) is 11.7 Å². The first-order valence-corrected chi connectivity index (χ1v) is 5.54. The Bertz CT molecular complexity index is 450. The van der Waals surface area contributed by atoms with Crippen LogP contribution < -0.4 is 10.6 Å². The van der Waals surface area contributed by atoms with Crippen LogP contribution in [0.1, 0.15) is 25.5 Å². The number of hydrogen-bond acceptors (Lipinski definition) is 2. The normalized spacial score (nSPS) is 26.9. The van der Waals surface area contributed by atoms with Gasteiger partial charge in [-0.25, -0.2) is 9.18 Å². The highest BCUT2D eigenvalue weighted by Crippen LogP contribution is 2.36. The molecule has 0 saturated heterocycles. The molecule has 5 heteroatoms. The third-order valence-corrected chi connectivity index (χ3v) is 3.33. The monoisotopic (exact) mass is 238 g/mol. The molecule has 0 unspecified atom stereocenters. The van der Waals surface area contributed by atoms with Gasteiger partial charge in [0.15, 0.2) is 0 Å². The van der Waals surface area contributed by atoms with Crippen molar-refractivity contribution in [2.45, 2.75) is 25.9 Å². The minimum Gasteiger partial charge on any atom is -0.465 e. The van der Waals surface area contributed by atoms with Gasteiger partial charge in [-0.1, -0.05) is 6.92 Å². The minimum absolute atomic E-state index is 0.0559. The zero-order valence-corrected chi connectivity index (χ0v) is 9.70. The second-order valence-corrected chi connectivity index (χ2v) is 4.45. The van der Waals surface area contributed by atoms with Gasteiger partial charge in [-0.2, -0.15) is 0 Å². The molecular formula is C12H15FN2O2. The molecule has 1 aliphatic rings. The van der Waals surface area contributed by atoms with Crippen molar-refractivity contribution in [3.05, 3.63) is 29.6 Å². The first kappa shape index (κ1) is 11.7. The Labute approximate surface area is 98.8 Å². The Morgan fingerprint density at radius 2 is 2.18 bits per heavy atom. The molecule has 0 radical (unpaired) electrons. The van der Waals surface area contributed by atoms with E-state index in [4.69, 9.17) is 5.11 Å². The lowest BCUT2D eigenvalue weighted by molar-refractivity contribution is 0.183. The predicted octanol–water partition coefficient (Wildman–Crippen LogP) is 2.58. The number of fused-ring (bicyclic) bond motifs is 1. The number of carboxylic acid groups (broad SMARTS) is 1. The van der Waals surface area contributed by atoms with Crippen molar-refractivity contribution in [2.75, 3.05) is 5.32 Å². The summed E-state index contributed by atoms with van der Waals surface area (Å²) in [5.74, 6) is -0.301. The Hall–Kier alpha value is -1.78. The smallest absolute Gasteiger partial charge is 0.405 e. The maximum absolute atomic E-state index is 13.2. The van der Waals surface area contributed by atoms with Crippen LogP contribution >= 0.6 is 0 Å². The van der Waals surface area contributed by atoms with Gasteiger partial charge in [-0.05, 0) is 25.1 Å². The van der Waals surface area contributed by atoms with E-state index in [1.807, 2.05) is 13.8 Å².